The lowest BCUT2D eigenvalue weighted by Crippen LogP contribution is -2.35. The highest BCUT2D eigenvalue weighted by Gasteiger charge is 2.45. The van der Waals surface area contributed by atoms with Crippen molar-refractivity contribution in [2.45, 2.75) is 26.8 Å². The van der Waals surface area contributed by atoms with Crippen LogP contribution in [0, 0.1) is 20.8 Å². The minimum atomic E-state index is -4.08. The summed E-state index contributed by atoms with van der Waals surface area (Å²) in [6, 6.07) is 3.21. The molecule has 0 radical (unpaired) electrons. The summed E-state index contributed by atoms with van der Waals surface area (Å²) in [6.45, 7) is 5.64. The Hall–Kier alpha value is -1.60. The Balaban J connectivity index is 2.55. The molecule has 0 N–H and O–H groups in total. The van der Waals surface area contributed by atoms with Gasteiger partial charge in [0.15, 0.2) is 0 Å². The van der Waals surface area contributed by atoms with Gasteiger partial charge in [-0.3, -0.25) is 4.18 Å². The molecule has 0 saturated carbocycles. The van der Waals surface area contributed by atoms with E-state index in [1.807, 2.05) is 32.9 Å². The van der Waals surface area contributed by atoms with E-state index in [4.69, 9.17) is 4.18 Å². The fraction of sp³-hybridized carbons (Fsp3) is 0.462. The number of carbonyl (C=O) groups is 1. The molecule has 0 aliphatic carbocycles. The zero-order chi connectivity index (χ0) is 15.1. The Morgan fingerprint density at radius 1 is 1.30 bits per heavy atom. The number of benzene rings is 1. The maximum atomic E-state index is 11.8. The van der Waals surface area contributed by atoms with Crippen molar-refractivity contribution in [2.24, 2.45) is 0 Å². The highest BCUT2D eigenvalue weighted by molar-refractivity contribution is 7.85. The first-order chi connectivity index (χ1) is 9.27. The van der Waals surface area contributed by atoms with Gasteiger partial charge in [0.1, 0.15) is 6.04 Å². The van der Waals surface area contributed by atoms with Crippen molar-refractivity contribution >= 4 is 16.4 Å². The van der Waals surface area contributed by atoms with E-state index in [1.165, 1.54) is 0 Å². The van der Waals surface area contributed by atoms with Crippen LogP contribution in [-0.2, 0) is 19.2 Å². The molecule has 110 valence electrons. The maximum absolute atomic E-state index is 11.8. The first-order valence-corrected chi connectivity index (χ1v) is 7.49. The molecule has 1 fully saturated rings. The van der Waals surface area contributed by atoms with Crippen molar-refractivity contribution in [1.82, 2.24) is 4.31 Å². The Morgan fingerprint density at radius 3 is 2.35 bits per heavy atom. The fourth-order valence-corrected chi connectivity index (χ4v) is 3.81. The van der Waals surface area contributed by atoms with Crippen LogP contribution >= 0.6 is 0 Å². The van der Waals surface area contributed by atoms with E-state index in [-0.39, 0.29) is 6.61 Å². The van der Waals surface area contributed by atoms with Crippen LogP contribution in [0.3, 0.4) is 0 Å². The normalized spacial score (nSPS) is 21.0. The van der Waals surface area contributed by atoms with Crippen molar-refractivity contribution in [2.75, 3.05) is 13.7 Å². The lowest BCUT2D eigenvalue weighted by atomic mass is 9.94. The van der Waals surface area contributed by atoms with Gasteiger partial charge in [0.2, 0.25) is 0 Å². The van der Waals surface area contributed by atoms with E-state index < -0.39 is 22.4 Å². The smallest absolute Gasteiger partial charge is 0.425 e. The highest BCUT2D eigenvalue weighted by Crippen LogP contribution is 2.35. The molecule has 0 spiro atoms. The third-order valence-corrected chi connectivity index (χ3v) is 4.64. The van der Waals surface area contributed by atoms with Crippen molar-refractivity contribution in [3.05, 3.63) is 34.4 Å². The second-order valence-corrected chi connectivity index (χ2v) is 6.32. The Kier molecular flexibility index (Phi) is 3.75. The molecule has 1 aliphatic rings. The molecule has 20 heavy (non-hydrogen) atoms. The van der Waals surface area contributed by atoms with Gasteiger partial charge >= 0.3 is 16.4 Å². The van der Waals surface area contributed by atoms with Crippen LogP contribution in [0.25, 0.3) is 0 Å². The molecule has 1 heterocycles. The third-order valence-electron chi connectivity index (χ3n) is 3.32. The lowest BCUT2D eigenvalue weighted by Gasteiger charge is -2.23. The van der Waals surface area contributed by atoms with Gasteiger partial charge in [-0.25, -0.2) is 4.79 Å². The molecule has 1 aromatic rings. The van der Waals surface area contributed by atoms with E-state index in [0.717, 1.165) is 29.4 Å². The summed E-state index contributed by atoms with van der Waals surface area (Å²) < 4.78 is 33.7. The van der Waals surface area contributed by atoms with Gasteiger partial charge < -0.3 is 4.74 Å². The van der Waals surface area contributed by atoms with Crippen LogP contribution < -0.4 is 0 Å². The van der Waals surface area contributed by atoms with Crippen LogP contribution in [0.5, 0.6) is 0 Å². The average molecular weight is 299 g/mol. The summed E-state index contributed by atoms with van der Waals surface area (Å²) in [5, 5.41) is 0. The van der Waals surface area contributed by atoms with E-state index in [2.05, 4.69) is 4.74 Å². The summed E-state index contributed by atoms with van der Waals surface area (Å²) in [5.41, 5.74) is 3.70. The largest absolute Gasteiger partial charge is 0.452 e. The first-order valence-electron chi connectivity index (χ1n) is 6.12. The van der Waals surface area contributed by atoms with Crippen LogP contribution in [0.1, 0.15) is 28.3 Å². The standard InChI is InChI=1S/C13H17NO5S/c1-8-5-9(2)12(10(3)6-8)11-7-19-20(16,17)14(11)13(15)18-4/h5-6,11H,7H2,1-4H3/t11-/m1/s1. The maximum Gasteiger partial charge on any atom is 0.425 e. The minimum Gasteiger partial charge on any atom is -0.452 e. The summed E-state index contributed by atoms with van der Waals surface area (Å²) >= 11 is 0. The first kappa shape index (κ1) is 14.8. The summed E-state index contributed by atoms with van der Waals surface area (Å²) in [7, 11) is -2.94. The summed E-state index contributed by atoms with van der Waals surface area (Å²) in [5.74, 6) is 0. The second kappa shape index (κ2) is 5.06. The zero-order valence-corrected chi connectivity index (χ0v) is 12.7. The SMILES string of the molecule is COC(=O)N1[C@@H](c2c(C)cc(C)cc2C)COS1(=O)=O. The summed E-state index contributed by atoms with van der Waals surface area (Å²) in [6.07, 6.45) is -0.938. The molecule has 1 aromatic carbocycles. The van der Waals surface area contributed by atoms with Gasteiger partial charge in [-0.2, -0.15) is 12.7 Å². The molecule has 2 rings (SSSR count). The van der Waals surface area contributed by atoms with E-state index in [1.54, 1.807) is 0 Å². The van der Waals surface area contributed by atoms with Gasteiger partial charge in [-0.05, 0) is 37.5 Å². The number of amides is 1. The molecule has 0 bridgehead atoms. The van der Waals surface area contributed by atoms with Crippen LogP contribution in [0.4, 0.5) is 4.79 Å². The predicted octanol–water partition coefficient (Wildman–Crippen LogP) is 2.00. The molecular weight excluding hydrogens is 282 g/mol. The Labute approximate surface area is 118 Å². The molecular formula is C13H17NO5S. The number of ether oxygens (including phenoxy) is 1. The third kappa shape index (κ3) is 2.38. The second-order valence-electron chi connectivity index (χ2n) is 4.84. The Morgan fingerprint density at radius 2 is 1.85 bits per heavy atom. The van der Waals surface area contributed by atoms with Gasteiger partial charge in [0.05, 0.1) is 13.7 Å². The van der Waals surface area contributed by atoms with Gasteiger partial charge in [-0.15, -0.1) is 0 Å². The number of rotatable bonds is 1. The van der Waals surface area contributed by atoms with Gasteiger partial charge in [0, 0.05) is 0 Å². The van der Waals surface area contributed by atoms with E-state index >= 15 is 0 Å². The van der Waals surface area contributed by atoms with Crippen LogP contribution in [-0.4, -0.2) is 32.5 Å². The predicted molar refractivity (Wildman–Crippen MR) is 72.5 cm³/mol. The molecule has 1 aliphatic heterocycles. The van der Waals surface area contributed by atoms with E-state index in [0.29, 0.717) is 4.31 Å². The number of hydrogen-bond donors (Lipinski definition) is 0. The molecule has 0 aromatic heterocycles. The van der Waals surface area contributed by atoms with Crippen molar-refractivity contribution < 1.29 is 22.1 Å². The summed E-state index contributed by atoms with van der Waals surface area (Å²) in [4.78, 5) is 11.7. The highest BCUT2D eigenvalue weighted by atomic mass is 32.2. The molecule has 1 amide bonds. The van der Waals surface area contributed by atoms with Crippen molar-refractivity contribution in [3.63, 3.8) is 0 Å². The van der Waals surface area contributed by atoms with Crippen molar-refractivity contribution in [1.29, 1.82) is 0 Å². The quantitative estimate of drug-likeness (QED) is 0.793. The monoisotopic (exact) mass is 299 g/mol. The molecule has 7 heteroatoms. The topological polar surface area (TPSA) is 72.9 Å². The molecule has 1 saturated heterocycles. The fourth-order valence-electron chi connectivity index (χ4n) is 2.66. The number of hydrogen-bond acceptors (Lipinski definition) is 5. The number of carbonyl (C=O) groups excluding carboxylic acids is 1. The number of methoxy groups -OCH3 is 1. The Bertz CT molecular complexity index is 630. The van der Waals surface area contributed by atoms with Gasteiger partial charge in [0.25, 0.3) is 0 Å². The molecule has 6 nitrogen and oxygen atoms in total. The lowest BCUT2D eigenvalue weighted by molar-refractivity contribution is 0.142. The minimum absolute atomic E-state index is 0.0951. The zero-order valence-electron chi connectivity index (χ0n) is 11.8. The average Bonchev–Trinajstić information content (AvgIpc) is 2.63. The van der Waals surface area contributed by atoms with Gasteiger partial charge in [-0.1, -0.05) is 17.7 Å². The van der Waals surface area contributed by atoms with Crippen LogP contribution in [0.15, 0.2) is 12.1 Å². The van der Waals surface area contributed by atoms with Crippen molar-refractivity contribution in [3.8, 4) is 0 Å². The van der Waals surface area contributed by atoms with E-state index in [9.17, 15) is 13.2 Å². The molecule has 1 atom stereocenters. The van der Waals surface area contributed by atoms with Crippen LogP contribution in [0.2, 0.25) is 0 Å². The molecule has 0 unspecified atom stereocenters. The number of nitrogens with zero attached hydrogens (tertiary/aromatic N) is 1. The number of aryl methyl sites for hydroxylation is 3.